The second-order valence-corrected chi connectivity index (χ2v) is 8.40. The number of methoxy groups -OCH3 is 3. The van der Waals surface area contributed by atoms with Gasteiger partial charge in [0.1, 0.15) is 0 Å². The lowest BCUT2D eigenvalue weighted by atomic mass is 10.1. The number of guanidine groups is 1. The van der Waals surface area contributed by atoms with Crippen LogP contribution < -0.4 is 19.5 Å². The van der Waals surface area contributed by atoms with Crippen LogP contribution in [0.15, 0.2) is 17.1 Å². The molecule has 9 heteroatoms. The van der Waals surface area contributed by atoms with E-state index in [1.807, 2.05) is 12.1 Å². The first-order valence-electron chi connectivity index (χ1n) is 11.8. The van der Waals surface area contributed by atoms with E-state index in [0.717, 1.165) is 82.9 Å². The molecule has 0 amide bonds. The number of hydrogen-bond donors (Lipinski definition) is 1. The average Bonchev–Trinajstić information content (AvgIpc) is 3.65. The molecule has 0 bridgehead atoms. The van der Waals surface area contributed by atoms with Crippen molar-refractivity contribution in [3.05, 3.63) is 17.7 Å². The van der Waals surface area contributed by atoms with Crippen molar-refractivity contribution >= 4 is 29.9 Å². The summed E-state index contributed by atoms with van der Waals surface area (Å²) in [5.74, 6) is 3.87. The summed E-state index contributed by atoms with van der Waals surface area (Å²) in [5.41, 5.74) is 1.15. The van der Waals surface area contributed by atoms with Crippen molar-refractivity contribution in [2.75, 3.05) is 73.8 Å². The minimum absolute atomic E-state index is 0. The van der Waals surface area contributed by atoms with Crippen LogP contribution in [0.2, 0.25) is 0 Å². The molecule has 0 spiro atoms. The molecule has 0 radical (unpaired) electrons. The van der Waals surface area contributed by atoms with E-state index in [-0.39, 0.29) is 24.0 Å². The van der Waals surface area contributed by atoms with Gasteiger partial charge in [0.05, 0.1) is 21.3 Å². The van der Waals surface area contributed by atoms with Crippen LogP contribution in [0.5, 0.6) is 17.2 Å². The number of piperazine rings is 1. The zero-order chi connectivity index (χ0) is 22.8. The van der Waals surface area contributed by atoms with E-state index in [0.29, 0.717) is 17.2 Å². The summed E-state index contributed by atoms with van der Waals surface area (Å²) in [5, 5.41) is 3.45. The highest BCUT2D eigenvalue weighted by molar-refractivity contribution is 14.0. The van der Waals surface area contributed by atoms with E-state index >= 15 is 0 Å². The van der Waals surface area contributed by atoms with Crippen LogP contribution in [0.25, 0.3) is 0 Å². The van der Waals surface area contributed by atoms with Gasteiger partial charge in [0.2, 0.25) is 5.75 Å². The van der Waals surface area contributed by atoms with Gasteiger partial charge >= 0.3 is 0 Å². The summed E-state index contributed by atoms with van der Waals surface area (Å²) in [6.07, 6.45) is 3.66. The molecule has 33 heavy (non-hydrogen) atoms. The maximum atomic E-state index is 5.73. The second kappa shape index (κ2) is 14.7. The van der Waals surface area contributed by atoms with Gasteiger partial charge in [-0.25, -0.2) is 0 Å². The van der Waals surface area contributed by atoms with Crippen molar-refractivity contribution in [1.29, 1.82) is 0 Å². The number of halogens is 1. The zero-order valence-electron chi connectivity index (χ0n) is 20.6. The van der Waals surface area contributed by atoms with Crippen molar-refractivity contribution in [2.45, 2.75) is 32.7 Å². The first kappa shape index (κ1) is 27.8. The highest BCUT2D eigenvalue weighted by Gasteiger charge is 2.22. The van der Waals surface area contributed by atoms with E-state index < -0.39 is 0 Å². The van der Waals surface area contributed by atoms with E-state index in [2.05, 4.69) is 22.0 Å². The van der Waals surface area contributed by atoms with Crippen LogP contribution in [0.4, 0.5) is 0 Å². The number of rotatable bonds is 12. The van der Waals surface area contributed by atoms with E-state index in [4.69, 9.17) is 23.9 Å². The summed E-state index contributed by atoms with van der Waals surface area (Å²) in [4.78, 5) is 9.64. The van der Waals surface area contributed by atoms with Crippen LogP contribution in [0.3, 0.4) is 0 Å². The molecule has 1 aliphatic carbocycles. The zero-order valence-corrected chi connectivity index (χ0v) is 22.9. The van der Waals surface area contributed by atoms with E-state index in [1.54, 1.807) is 21.3 Å². The molecular weight excluding hydrogens is 535 g/mol. The lowest BCUT2D eigenvalue weighted by Crippen LogP contribution is -2.52. The highest BCUT2D eigenvalue weighted by atomic mass is 127. The van der Waals surface area contributed by atoms with Crippen LogP contribution in [0, 0.1) is 5.92 Å². The van der Waals surface area contributed by atoms with Gasteiger partial charge in [-0.15, -0.1) is 24.0 Å². The lowest BCUT2D eigenvalue weighted by Gasteiger charge is -2.36. The summed E-state index contributed by atoms with van der Waals surface area (Å²) in [6, 6.07) is 4.06. The molecule has 1 saturated heterocycles. The van der Waals surface area contributed by atoms with Gasteiger partial charge in [0, 0.05) is 59.0 Å². The molecule has 1 N–H and O–H groups in total. The Bertz CT molecular complexity index is 712. The van der Waals surface area contributed by atoms with Crippen molar-refractivity contribution in [1.82, 2.24) is 15.1 Å². The first-order chi connectivity index (χ1) is 15.7. The molecule has 1 aromatic carbocycles. The average molecular weight is 577 g/mol. The summed E-state index contributed by atoms with van der Waals surface area (Å²) >= 11 is 0. The quantitative estimate of drug-likeness (QED) is 0.178. The smallest absolute Gasteiger partial charge is 0.203 e. The maximum absolute atomic E-state index is 5.73. The number of hydrogen-bond acceptors (Lipinski definition) is 6. The summed E-state index contributed by atoms with van der Waals surface area (Å²) in [6.45, 7) is 10.2. The third-order valence-electron chi connectivity index (χ3n) is 5.90. The van der Waals surface area contributed by atoms with Crippen LogP contribution >= 0.6 is 24.0 Å². The van der Waals surface area contributed by atoms with Crippen molar-refractivity contribution in [3.8, 4) is 17.2 Å². The van der Waals surface area contributed by atoms with Crippen molar-refractivity contribution in [2.24, 2.45) is 10.9 Å². The van der Waals surface area contributed by atoms with Gasteiger partial charge in [-0.2, -0.15) is 0 Å². The van der Waals surface area contributed by atoms with E-state index in [9.17, 15) is 0 Å². The molecule has 1 heterocycles. The Morgan fingerprint density at radius 3 is 2.24 bits per heavy atom. The predicted molar refractivity (Wildman–Crippen MR) is 143 cm³/mol. The fourth-order valence-electron chi connectivity index (χ4n) is 3.91. The Hall–Kier alpha value is -1.46. The molecule has 1 aromatic rings. The largest absolute Gasteiger partial charge is 0.493 e. The van der Waals surface area contributed by atoms with Gasteiger partial charge in [-0.05, 0) is 49.8 Å². The molecule has 0 aromatic heterocycles. The molecule has 0 atom stereocenters. The van der Waals surface area contributed by atoms with Crippen molar-refractivity contribution in [3.63, 3.8) is 0 Å². The van der Waals surface area contributed by atoms with Gasteiger partial charge in [-0.1, -0.05) is 0 Å². The van der Waals surface area contributed by atoms with Gasteiger partial charge in [0.15, 0.2) is 17.5 Å². The fraction of sp³-hybridized carbons (Fsp3) is 0.708. The Kier molecular flexibility index (Phi) is 12.4. The Morgan fingerprint density at radius 1 is 1.03 bits per heavy atom. The van der Waals surface area contributed by atoms with Gasteiger partial charge in [-0.3, -0.25) is 9.89 Å². The number of benzene rings is 1. The molecule has 188 valence electrons. The number of nitrogens with zero attached hydrogens (tertiary/aromatic N) is 3. The molecule has 2 fully saturated rings. The molecule has 1 saturated carbocycles. The standard InChI is InChI=1S/C24H40N4O4.HI/c1-5-25-24(26-9-6-14-32-18-19-7-8-19)28-12-10-27(11-13-28)17-20-15-21(29-2)23(31-4)22(16-20)30-3;/h15-16,19H,5-14,17-18H2,1-4H3,(H,25,26);1H. The lowest BCUT2D eigenvalue weighted by molar-refractivity contribution is 0.123. The molecule has 1 aliphatic heterocycles. The number of nitrogens with one attached hydrogen (secondary N) is 1. The van der Waals surface area contributed by atoms with Crippen LogP contribution in [-0.2, 0) is 11.3 Å². The highest BCUT2D eigenvalue weighted by Crippen LogP contribution is 2.38. The fourth-order valence-corrected chi connectivity index (χ4v) is 3.91. The first-order valence-corrected chi connectivity index (χ1v) is 11.8. The third kappa shape index (κ3) is 8.68. The minimum Gasteiger partial charge on any atom is -0.493 e. The Labute approximate surface area is 216 Å². The third-order valence-corrected chi connectivity index (χ3v) is 5.90. The SMILES string of the molecule is CCNC(=NCCCOCC1CC1)N1CCN(Cc2cc(OC)c(OC)c(OC)c2)CC1.I. The maximum Gasteiger partial charge on any atom is 0.203 e. The second-order valence-electron chi connectivity index (χ2n) is 8.40. The number of ether oxygens (including phenoxy) is 4. The van der Waals surface area contributed by atoms with Gasteiger partial charge in [0.25, 0.3) is 0 Å². The minimum atomic E-state index is 0. The van der Waals surface area contributed by atoms with Crippen LogP contribution in [-0.4, -0.2) is 89.6 Å². The molecule has 0 unspecified atom stereocenters. The Morgan fingerprint density at radius 2 is 1.70 bits per heavy atom. The molecule has 2 aliphatic rings. The van der Waals surface area contributed by atoms with Crippen LogP contribution in [0.1, 0.15) is 31.7 Å². The summed E-state index contributed by atoms with van der Waals surface area (Å²) < 4.78 is 22.2. The van der Waals surface area contributed by atoms with Gasteiger partial charge < -0.3 is 29.2 Å². The molecule has 8 nitrogen and oxygen atoms in total. The number of aliphatic imine (C=N–C) groups is 1. The topological polar surface area (TPSA) is 67.8 Å². The van der Waals surface area contributed by atoms with Crippen molar-refractivity contribution < 1.29 is 18.9 Å². The summed E-state index contributed by atoms with van der Waals surface area (Å²) in [7, 11) is 4.94. The van der Waals surface area contributed by atoms with E-state index in [1.165, 1.54) is 12.8 Å². The normalized spacial score (nSPS) is 16.8. The molecule has 3 rings (SSSR count). The monoisotopic (exact) mass is 576 g/mol. The predicted octanol–water partition coefficient (Wildman–Crippen LogP) is 3.23. The Balaban J connectivity index is 0.00000385. The molecular formula is C24H41IN4O4.